The first kappa shape index (κ1) is 18.3. The van der Waals surface area contributed by atoms with Crippen LogP contribution >= 0.6 is 11.6 Å². The summed E-state index contributed by atoms with van der Waals surface area (Å²) < 4.78 is 32.0. The van der Waals surface area contributed by atoms with Crippen molar-refractivity contribution < 1.29 is 17.9 Å². The topological polar surface area (TPSA) is 63.7 Å². The molecule has 5 nitrogen and oxygen atoms in total. The third-order valence-electron chi connectivity index (χ3n) is 3.09. The number of ether oxygens (including phenoxy) is 1. The molecule has 0 saturated heterocycles. The van der Waals surface area contributed by atoms with Gasteiger partial charge in [-0.15, -0.1) is 0 Å². The van der Waals surface area contributed by atoms with Crippen molar-refractivity contribution in [2.24, 2.45) is 0 Å². The van der Waals surface area contributed by atoms with Crippen LogP contribution in [0, 0.1) is 0 Å². The van der Waals surface area contributed by atoms with Gasteiger partial charge in [-0.3, -0.25) is 9.10 Å². The first-order valence-corrected chi connectivity index (χ1v) is 9.15. The van der Waals surface area contributed by atoms with E-state index in [0.717, 1.165) is 4.31 Å². The molecule has 0 aliphatic carbocycles. The third-order valence-corrected chi connectivity index (χ3v) is 5.13. The highest BCUT2D eigenvalue weighted by atomic mass is 35.5. The number of benzene rings is 2. The molecular formula is C17H18ClNO4S. The van der Waals surface area contributed by atoms with Gasteiger partial charge in [0.1, 0.15) is 6.54 Å². The zero-order valence-corrected chi connectivity index (χ0v) is 14.9. The summed E-state index contributed by atoms with van der Waals surface area (Å²) in [7, 11) is -3.91. The minimum absolute atomic E-state index is 0.0947. The van der Waals surface area contributed by atoms with Crippen LogP contribution in [0.15, 0.2) is 59.5 Å². The average Bonchev–Trinajstić information content (AvgIpc) is 2.54. The van der Waals surface area contributed by atoms with E-state index in [-0.39, 0.29) is 11.0 Å². The number of esters is 1. The average molecular weight is 368 g/mol. The lowest BCUT2D eigenvalue weighted by molar-refractivity contribution is -0.145. The van der Waals surface area contributed by atoms with Gasteiger partial charge in [-0.2, -0.15) is 0 Å². The van der Waals surface area contributed by atoms with Gasteiger partial charge in [0, 0.05) is 5.02 Å². The second-order valence-corrected chi connectivity index (χ2v) is 7.64. The minimum atomic E-state index is -3.91. The van der Waals surface area contributed by atoms with E-state index in [1.54, 1.807) is 56.3 Å². The van der Waals surface area contributed by atoms with Crippen LogP contribution < -0.4 is 4.31 Å². The van der Waals surface area contributed by atoms with Crippen molar-refractivity contribution in [3.63, 3.8) is 0 Å². The van der Waals surface area contributed by atoms with Crippen molar-refractivity contribution in [3.05, 3.63) is 59.6 Å². The van der Waals surface area contributed by atoms with Crippen molar-refractivity contribution in [2.75, 3.05) is 10.8 Å². The SMILES string of the molecule is CC(C)OC(=O)CN(c1ccc(Cl)cc1)S(=O)(=O)c1ccccc1. The predicted molar refractivity (Wildman–Crippen MR) is 93.7 cm³/mol. The smallest absolute Gasteiger partial charge is 0.327 e. The van der Waals surface area contributed by atoms with E-state index < -0.39 is 22.5 Å². The van der Waals surface area contributed by atoms with Crippen molar-refractivity contribution in [1.82, 2.24) is 0 Å². The maximum Gasteiger partial charge on any atom is 0.327 e. The van der Waals surface area contributed by atoms with Gasteiger partial charge in [0.2, 0.25) is 0 Å². The quantitative estimate of drug-likeness (QED) is 0.733. The standard InChI is InChI=1S/C17H18ClNO4S/c1-13(2)23-17(20)12-19(15-10-8-14(18)9-11-15)24(21,22)16-6-4-3-5-7-16/h3-11,13H,12H2,1-2H3. The van der Waals surface area contributed by atoms with Crippen LogP contribution in [-0.2, 0) is 19.6 Å². The van der Waals surface area contributed by atoms with Gasteiger partial charge < -0.3 is 4.74 Å². The number of carbonyl (C=O) groups is 1. The van der Waals surface area contributed by atoms with E-state index in [2.05, 4.69) is 0 Å². The molecule has 0 heterocycles. The van der Waals surface area contributed by atoms with Crippen LogP contribution in [0.5, 0.6) is 0 Å². The normalized spacial score (nSPS) is 11.3. The Kier molecular flexibility index (Phi) is 5.85. The molecule has 0 radical (unpaired) electrons. The molecule has 0 saturated carbocycles. The summed E-state index contributed by atoms with van der Waals surface area (Å²) in [4.78, 5) is 12.1. The summed E-state index contributed by atoms with van der Waals surface area (Å²) >= 11 is 5.86. The first-order chi connectivity index (χ1) is 11.3. The van der Waals surface area contributed by atoms with Crippen molar-refractivity contribution in [2.45, 2.75) is 24.8 Å². The Morgan fingerprint density at radius 2 is 1.67 bits per heavy atom. The van der Waals surface area contributed by atoms with E-state index >= 15 is 0 Å². The molecule has 2 aromatic rings. The molecule has 0 fully saturated rings. The molecular weight excluding hydrogens is 350 g/mol. The maximum absolute atomic E-state index is 12.9. The van der Waals surface area contributed by atoms with Crippen molar-refractivity contribution in [3.8, 4) is 0 Å². The monoisotopic (exact) mass is 367 g/mol. The van der Waals surface area contributed by atoms with Gasteiger partial charge in [-0.25, -0.2) is 8.42 Å². The van der Waals surface area contributed by atoms with Crippen LogP contribution in [-0.4, -0.2) is 27.0 Å². The Morgan fingerprint density at radius 1 is 1.08 bits per heavy atom. The lowest BCUT2D eigenvalue weighted by Crippen LogP contribution is -2.37. The molecule has 0 spiro atoms. The van der Waals surface area contributed by atoms with Crippen LogP contribution in [0.25, 0.3) is 0 Å². The highest BCUT2D eigenvalue weighted by Gasteiger charge is 2.27. The summed E-state index contributed by atoms with van der Waals surface area (Å²) in [5.74, 6) is -0.626. The molecule has 0 atom stereocenters. The number of nitrogens with zero attached hydrogens (tertiary/aromatic N) is 1. The van der Waals surface area contributed by atoms with Crippen LogP contribution in [0.2, 0.25) is 5.02 Å². The third kappa shape index (κ3) is 4.49. The fourth-order valence-electron chi connectivity index (χ4n) is 2.06. The van der Waals surface area contributed by atoms with Crippen molar-refractivity contribution >= 4 is 33.3 Å². The predicted octanol–water partition coefficient (Wildman–Crippen LogP) is 3.49. The number of carbonyl (C=O) groups excluding carboxylic acids is 1. The molecule has 0 aliphatic heterocycles. The Morgan fingerprint density at radius 3 is 2.21 bits per heavy atom. The number of sulfonamides is 1. The van der Waals surface area contributed by atoms with E-state index in [0.29, 0.717) is 10.7 Å². The summed E-state index contributed by atoms with van der Waals surface area (Å²) in [5.41, 5.74) is 0.337. The van der Waals surface area contributed by atoms with Gasteiger partial charge in [-0.1, -0.05) is 29.8 Å². The summed E-state index contributed by atoms with van der Waals surface area (Å²) in [6.45, 7) is 2.99. The van der Waals surface area contributed by atoms with Crippen LogP contribution in [0.1, 0.15) is 13.8 Å². The summed E-state index contributed by atoms with van der Waals surface area (Å²) in [5, 5.41) is 0.473. The molecule has 0 amide bonds. The van der Waals surface area contributed by atoms with Gasteiger partial charge in [0.05, 0.1) is 16.7 Å². The van der Waals surface area contributed by atoms with Gasteiger partial charge in [-0.05, 0) is 50.2 Å². The second kappa shape index (κ2) is 7.68. The molecule has 7 heteroatoms. The van der Waals surface area contributed by atoms with Gasteiger partial charge in [0.15, 0.2) is 0 Å². The summed E-state index contributed by atoms with van der Waals surface area (Å²) in [6.07, 6.45) is -0.330. The number of rotatable bonds is 6. The van der Waals surface area contributed by atoms with E-state index in [9.17, 15) is 13.2 Å². The van der Waals surface area contributed by atoms with Gasteiger partial charge >= 0.3 is 5.97 Å². The Hall–Kier alpha value is -2.05. The fourth-order valence-corrected chi connectivity index (χ4v) is 3.62. The molecule has 0 aromatic heterocycles. The Bertz CT molecular complexity index is 789. The maximum atomic E-state index is 12.9. The van der Waals surface area contributed by atoms with E-state index in [1.165, 1.54) is 12.1 Å². The van der Waals surface area contributed by atoms with E-state index in [1.807, 2.05) is 0 Å². The second-order valence-electron chi connectivity index (χ2n) is 5.34. The zero-order valence-electron chi connectivity index (χ0n) is 13.3. The molecule has 2 rings (SSSR count). The number of anilines is 1. The van der Waals surface area contributed by atoms with Crippen LogP contribution in [0.3, 0.4) is 0 Å². The fraction of sp³-hybridized carbons (Fsp3) is 0.235. The molecule has 0 N–H and O–H groups in total. The lowest BCUT2D eigenvalue weighted by atomic mass is 10.3. The molecule has 24 heavy (non-hydrogen) atoms. The number of hydrogen-bond acceptors (Lipinski definition) is 4. The minimum Gasteiger partial charge on any atom is -0.462 e. The first-order valence-electron chi connectivity index (χ1n) is 7.33. The lowest BCUT2D eigenvalue weighted by Gasteiger charge is -2.24. The Balaban J connectivity index is 2.42. The van der Waals surface area contributed by atoms with Gasteiger partial charge in [0.25, 0.3) is 10.0 Å². The molecule has 0 aliphatic rings. The molecule has 128 valence electrons. The molecule has 0 bridgehead atoms. The summed E-state index contributed by atoms with van der Waals surface area (Å²) in [6, 6.07) is 14.2. The molecule has 2 aromatic carbocycles. The van der Waals surface area contributed by atoms with E-state index in [4.69, 9.17) is 16.3 Å². The molecule has 0 unspecified atom stereocenters. The largest absolute Gasteiger partial charge is 0.462 e. The highest BCUT2D eigenvalue weighted by Crippen LogP contribution is 2.25. The van der Waals surface area contributed by atoms with Crippen LogP contribution in [0.4, 0.5) is 5.69 Å². The Labute approximate surface area is 146 Å². The number of halogens is 1. The van der Waals surface area contributed by atoms with Crippen molar-refractivity contribution in [1.29, 1.82) is 0 Å². The zero-order chi connectivity index (χ0) is 17.7. The highest BCUT2D eigenvalue weighted by molar-refractivity contribution is 7.92. The number of hydrogen-bond donors (Lipinski definition) is 0.